The van der Waals surface area contributed by atoms with Crippen LogP contribution in [0.2, 0.25) is 0 Å². The fourth-order valence-corrected chi connectivity index (χ4v) is 3.30. The van der Waals surface area contributed by atoms with Crippen LogP contribution in [-0.4, -0.2) is 21.4 Å². The molecular formula is C12H15BrN2O2S. The highest BCUT2D eigenvalue weighted by molar-refractivity contribution is 9.10. The molecule has 6 heteroatoms. The standard InChI is InChI=1S/C12H15BrN2O2S/c1-6(2)10(7(3)16)12-14-11(15-17-12)9-4-8(13)5-18-9/h4-7,10,16H,1-3H3. The van der Waals surface area contributed by atoms with E-state index in [1.165, 1.54) is 0 Å². The molecule has 0 saturated carbocycles. The fourth-order valence-electron chi connectivity index (χ4n) is 1.95. The number of aliphatic hydroxyl groups is 1. The van der Waals surface area contributed by atoms with Crippen molar-refractivity contribution in [1.29, 1.82) is 0 Å². The van der Waals surface area contributed by atoms with Crippen LogP contribution in [0.5, 0.6) is 0 Å². The van der Waals surface area contributed by atoms with Gasteiger partial charge < -0.3 is 9.63 Å². The van der Waals surface area contributed by atoms with Crippen molar-refractivity contribution >= 4 is 27.3 Å². The van der Waals surface area contributed by atoms with Crippen LogP contribution in [-0.2, 0) is 0 Å². The first-order valence-electron chi connectivity index (χ1n) is 5.75. The molecule has 1 N–H and O–H groups in total. The molecule has 0 radical (unpaired) electrons. The fraction of sp³-hybridized carbons (Fsp3) is 0.500. The molecule has 2 aromatic heterocycles. The van der Waals surface area contributed by atoms with Gasteiger partial charge in [0.2, 0.25) is 11.7 Å². The summed E-state index contributed by atoms with van der Waals surface area (Å²) in [4.78, 5) is 5.34. The summed E-state index contributed by atoms with van der Waals surface area (Å²) in [6.45, 7) is 5.81. The second-order valence-corrected chi connectivity index (χ2v) is 6.42. The van der Waals surface area contributed by atoms with Crippen LogP contribution in [0.25, 0.3) is 10.7 Å². The lowest BCUT2D eigenvalue weighted by atomic mass is 9.91. The zero-order valence-corrected chi connectivity index (χ0v) is 12.8. The van der Waals surface area contributed by atoms with Gasteiger partial charge >= 0.3 is 0 Å². The third-order valence-electron chi connectivity index (χ3n) is 2.75. The van der Waals surface area contributed by atoms with E-state index < -0.39 is 6.10 Å². The van der Waals surface area contributed by atoms with Crippen molar-refractivity contribution in [2.45, 2.75) is 32.8 Å². The highest BCUT2D eigenvalue weighted by atomic mass is 79.9. The molecule has 2 aromatic rings. The molecule has 0 bridgehead atoms. The van der Waals surface area contributed by atoms with Crippen molar-refractivity contribution in [2.75, 3.05) is 0 Å². The molecule has 0 aliphatic heterocycles. The van der Waals surface area contributed by atoms with E-state index in [0.717, 1.165) is 9.35 Å². The molecule has 2 unspecified atom stereocenters. The predicted molar refractivity (Wildman–Crippen MR) is 74.6 cm³/mol. The molecule has 0 aliphatic carbocycles. The zero-order valence-electron chi connectivity index (χ0n) is 10.4. The number of hydrogen-bond acceptors (Lipinski definition) is 5. The highest BCUT2D eigenvalue weighted by Crippen LogP contribution is 2.31. The van der Waals surface area contributed by atoms with Crippen LogP contribution in [0, 0.1) is 5.92 Å². The largest absolute Gasteiger partial charge is 0.393 e. The van der Waals surface area contributed by atoms with Gasteiger partial charge in [0.25, 0.3) is 0 Å². The first-order valence-corrected chi connectivity index (χ1v) is 7.42. The third kappa shape index (κ3) is 2.81. The van der Waals surface area contributed by atoms with Crippen LogP contribution in [0.1, 0.15) is 32.6 Å². The normalized spacial score (nSPS) is 15.0. The maximum Gasteiger partial charge on any atom is 0.232 e. The van der Waals surface area contributed by atoms with Gasteiger partial charge in [0.15, 0.2) is 0 Å². The molecule has 0 aromatic carbocycles. The molecule has 2 heterocycles. The first kappa shape index (κ1) is 13.7. The SMILES string of the molecule is CC(C)C(c1nc(-c2cc(Br)cs2)no1)C(C)O. The Bertz CT molecular complexity index is 514. The quantitative estimate of drug-likeness (QED) is 0.928. The van der Waals surface area contributed by atoms with Crippen LogP contribution >= 0.6 is 27.3 Å². The molecule has 2 atom stereocenters. The Labute approximate surface area is 118 Å². The average molecular weight is 331 g/mol. The van der Waals surface area contributed by atoms with E-state index in [0.29, 0.717) is 11.7 Å². The van der Waals surface area contributed by atoms with E-state index in [1.54, 1.807) is 18.3 Å². The highest BCUT2D eigenvalue weighted by Gasteiger charge is 2.27. The maximum atomic E-state index is 9.79. The van der Waals surface area contributed by atoms with Crippen molar-refractivity contribution in [3.05, 3.63) is 21.8 Å². The monoisotopic (exact) mass is 330 g/mol. The lowest BCUT2D eigenvalue weighted by molar-refractivity contribution is 0.120. The minimum absolute atomic E-state index is 0.130. The van der Waals surface area contributed by atoms with Crippen LogP contribution in [0.4, 0.5) is 0 Å². The summed E-state index contributed by atoms with van der Waals surface area (Å²) in [5.41, 5.74) is 0. The summed E-state index contributed by atoms with van der Waals surface area (Å²) < 4.78 is 6.29. The zero-order chi connectivity index (χ0) is 13.3. The molecule has 0 aliphatic rings. The average Bonchev–Trinajstić information content (AvgIpc) is 2.85. The van der Waals surface area contributed by atoms with Crippen LogP contribution in [0.15, 0.2) is 20.4 Å². The van der Waals surface area contributed by atoms with Crippen molar-refractivity contribution < 1.29 is 9.63 Å². The molecule has 2 rings (SSSR count). The van der Waals surface area contributed by atoms with Crippen molar-refractivity contribution in [3.63, 3.8) is 0 Å². The van der Waals surface area contributed by atoms with E-state index in [-0.39, 0.29) is 11.8 Å². The van der Waals surface area contributed by atoms with Gasteiger partial charge in [0.1, 0.15) is 0 Å². The van der Waals surface area contributed by atoms with Crippen molar-refractivity contribution in [3.8, 4) is 10.7 Å². The Morgan fingerprint density at radius 3 is 2.61 bits per heavy atom. The first-order chi connectivity index (χ1) is 8.49. The predicted octanol–water partition coefficient (Wildman–Crippen LogP) is 3.68. The molecule has 0 spiro atoms. The van der Waals surface area contributed by atoms with Gasteiger partial charge in [-0.3, -0.25) is 0 Å². The summed E-state index contributed by atoms with van der Waals surface area (Å²) in [6.07, 6.45) is -0.506. The number of thiophene rings is 1. The number of aromatic nitrogens is 2. The third-order valence-corrected chi connectivity index (χ3v) is 4.44. The molecular weight excluding hydrogens is 316 g/mol. The van der Waals surface area contributed by atoms with E-state index in [9.17, 15) is 5.11 Å². The lowest BCUT2D eigenvalue weighted by Gasteiger charge is -2.19. The van der Waals surface area contributed by atoms with Crippen molar-refractivity contribution in [2.24, 2.45) is 5.92 Å². The molecule has 4 nitrogen and oxygen atoms in total. The Morgan fingerprint density at radius 1 is 1.39 bits per heavy atom. The van der Waals surface area contributed by atoms with Gasteiger partial charge in [-0.1, -0.05) is 19.0 Å². The van der Waals surface area contributed by atoms with E-state index in [1.807, 2.05) is 25.3 Å². The van der Waals surface area contributed by atoms with Gasteiger partial charge in [0, 0.05) is 9.85 Å². The van der Waals surface area contributed by atoms with Crippen LogP contribution < -0.4 is 0 Å². The number of nitrogens with zero attached hydrogens (tertiary/aromatic N) is 2. The van der Waals surface area contributed by atoms with Gasteiger partial charge in [-0.25, -0.2) is 0 Å². The number of aliphatic hydroxyl groups excluding tert-OH is 1. The Balaban J connectivity index is 2.29. The second-order valence-electron chi connectivity index (χ2n) is 4.60. The number of rotatable bonds is 4. The number of hydrogen-bond donors (Lipinski definition) is 1. The minimum atomic E-state index is -0.506. The summed E-state index contributed by atoms with van der Waals surface area (Å²) in [5, 5.41) is 15.7. The Hall–Kier alpha value is -0.720. The van der Waals surface area contributed by atoms with Gasteiger partial charge in [0.05, 0.1) is 16.9 Å². The van der Waals surface area contributed by atoms with Gasteiger partial charge in [-0.2, -0.15) is 4.98 Å². The molecule has 0 amide bonds. The van der Waals surface area contributed by atoms with E-state index in [2.05, 4.69) is 26.1 Å². The molecule has 0 saturated heterocycles. The van der Waals surface area contributed by atoms with Crippen LogP contribution in [0.3, 0.4) is 0 Å². The summed E-state index contributed by atoms with van der Waals surface area (Å²) >= 11 is 4.95. The Kier molecular flexibility index (Phi) is 4.19. The van der Waals surface area contributed by atoms with Gasteiger partial charge in [-0.05, 0) is 34.8 Å². The summed E-state index contributed by atoms with van der Waals surface area (Å²) in [6, 6.07) is 1.95. The summed E-state index contributed by atoms with van der Waals surface area (Å²) in [5.74, 6) is 1.19. The maximum absolute atomic E-state index is 9.79. The Morgan fingerprint density at radius 2 is 2.11 bits per heavy atom. The minimum Gasteiger partial charge on any atom is -0.393 e. The summed E-state index contributed by atoms with van der Waals surface area (Å²) in [7, 11) is 0. The molecule has 98 valence electrons. The second kappa shape index (κ2) is 5.50. The van der Waals surface area contributed by atoms with Gasteiger partial charge in [-0.15, -0.1) is 11.3 Å². The lowest BCUT2D eigenvalue weighted by Crippen LogP contribution is -2.20. The topological polar surface area (TPSA) is 59.2 Å². The molecule has 0 fully saturated rings. The van der Waals surface area contributed by atoms with Crippen molar-refractivity contribution in [1.82, 2.24) is 10.1 Å². The van der Waals surface area contributed by atoms with E-state index >= 15 is 0 Å². The smallest absolute Gasteiger partial charge is 0.232 e. The van der Waals surface area contributed by atoms with E-state index in [4.69, 9.17) is 4.52 Å². The number of halogens is 1. The molecule has 18 heavy (non-hydrogen) atoms.